The molecule has 5 N–H and O–H groups in total. The number of nitrogens with two attached hydrogens (primary N) is 2. The van der Waals surface area contributed by atoms with Crippen molar-refractivity contribution >= 4 is 24.5 Å². The van der Waals surface area contributed by atoms with Gasteiger partial charge < -0.3 is 35.6 Å². The molecule has 2 aromatic rings. The molecule has 0 saturated carbocycles. The van der Waals surface area contributed by atoms with Crippen molar-refractivity contribution in [3.8, 4) is 5.75 Å². The number of esters is 1. The molecule has 1 heterocycles. The summed E-state index contributed by atoms with van der Waals surface area (Å²) in [6, 6.07) is 14.3. The molecular formula is C25H34BN3O6. The predicted molar refractivity (Wildman–Crippen MR) is 133 cm³/mol. The summed E-state index contributed by atoms with van der Waals surface area (Å²) in [7, 11) is 0.564. The fourth-order valence-electron chi connectivity index (χ4n) is 3.59. The van der Waals surface area contributed by atoms with Crippen molar-refractivity contribution in [2.45, 2.75) is 64.1 Å². The molecule has 9 nitrogen and oxygen atoms in total. The van der Waals surface area contributed by atoms with E-state index in [1.54, 1.807) is 0 Å². The number of methoxy groups -OCH3 is 1. The summed E-state index contributed by atoms with van der Waals surface area (Å²) in [6.07, 6.45) is -1.10. The third-order valence-electron chi connectivity index (χ3n) is 6.36. The van der Waals surface area contributed by atoms with Gasteiger partial charge in [0.15, 0.2) is 0 Å². The molecule has 1 aliphatic rings. The van der Waals surface area contributed by atoms with Gasteiger partial charge in [-0.05, 0) is 44.9 Å². The molecule has 188 valence electrons. The highest BCUT2D eigenvalue weighted by Gasteiger charge is 2.52. The Morgan fingerprint density at radius 1 is 1.00 bits per heavy atom. The first-order valence-electron chi connectivity index (χ1n) is 11.5. The number of hydrogen-bond donors (Lipinski definition) is 3. The number of hydrogen-bond acceptors (Lipinski definition) is 8. The molecule has 1 atom stereocenters. The molecule has 10 heteroatoms. The normalized spacial score (nSPS) is 17.2. The third-order valence-corrected chi connectivity index (χ3v) is 6.36. The zero-order valence-electron chi connectivity index (χ0n) is 20.9. The largest absolute Gasteiger partial charge is 0.498 e. The van der Waals surface area contributed by atoms with Crippen molar-refractivity contribution in [3.63, 3.8) is 0 Å². The molecule has 35 heavy (non-hydrogen) atoms. The Morgan fingerprint density at radius 3 is 2.20 bits per heavy atom. The van der Waals surface area contributed by atoms with Gasteiger partial charge in [-0.25, -0.2) is 4.79 Å². The second kappa shape index (κ2) is 10.8. The second-order valence-electron chi connectivity index (χ2n) is 9.55. The van der Waals surface area contributed by atoms with Gasteiger partial charge in [0.25, 0.3) is 5.91 Å². The Kier molecular flexibility index (Phi) is 8.22. The molecule has 1 saturated heterocycles. The quantitative estimate of drug-likeness (QED) is 0.273. The van der Waals surface area contributed by atoms with Gasteiger partial charge >= 0.3 is 13.1 Å². The monoisotopic (exact) mass is 483 g/mol. The minimum atomic E-state index is -1.25. The number of amides is 1. The Bertz CT molecular complexity index is 1030. The average molecular weight is 483 g/mol. The van der Waals surface area contributed by atoms with Crippen LogP contribution in [-0.2, 0) is 36.7 Å². The first-order chi connectivity index (χ1) is 16.4. The second-order valence-corrected chi connectivity index (χ2v) is 9.55. The van der Waals surface area contributed by atoms with E-state index in [0.717, 1.165) is 11.1 Å². The summed E-state index contributed by atoms with van der Waals surface area (Å²) in [6.45, 7) is 8.25. The Hall–Kier alpha value is -2.92. The van der Waals surface area contributed by atoms with E-state index in [0.29, 0.717) is 17.8 Å². The van der Waals surface area contributed by atoms with Crippen LogP contribution in [-0.4, -0.2) is 49.5 Å². The van der Waals surface area contributed by atoms with Crippen molar-refractivity contribution in [2.75, 3.05) is 7.11 Å². The zero-order valence-corrected chi connectivity index (χ0v) is 20.9. The standard InChI is InChI=1S/C25H34BN3O6/c1-24(2)25(3,4)35-26(34-24)18-13-17(14-19(23(31)32-5)29-22(30)21(27)28)11-12-20(18)33-15-16-9-7-6-8-10-16/h6-13,19,21H,14-15,27-28H2,1-5H3,(H,29,30)/t19-/m0/s1. The summed E-state index contributed by atoms with van der Waals surface area (Å²) in [4.78, 5) is 24.3. The maximum Gasteiger partial charge on any atom is 0.498 e. The van der Waals surface area contributed by atoms with Crippen LogP contribution in [0.15, 0.2) is 48.5 Å². The zero-order chi connectivity index (χ0) is 25.8. The fourth-order valence-corrected chi connectivity index (χ4v) is 3.59. The molecule has 1 fully saturated rings. The molecule has 3 rings (SSSR count). The predicted octanol–water partition coefficient (Wildman–Crippen LogP) is 1.01. The smallest absolute Gasteiger partial charge is 0.489 e. The molecule has 1 aliphatic heterocycles. The van der Waals surface area contributed by atoms with E-state index in [1.807, 2.05) is 76.2 Å². The number of benzene rings is 2. The van der Waals surface area contributed by atoms with Crippen LogP contribution >= 0.6 is 0 Å². The van der Waals surface area contributed by atoms with Crippen LogP contribution in [0.3, 0.4) is 0 Å². The SMILES string of the molecule is COC(=O)[C@H](Cc1ccc(OCc2ccccc2)c(B2OC(C)(C)C(C)(C)O2)c1)NC(=O)C(N)N. The lowest BCUT2D eigenvalue weighted by molar-refractivity contribution is -0.145. The number of carbonyl (C=O) groups excluding carboxylic acids is 2. The van der Waals surface area contributed by atoms with Crippen molar-refractivity contribution in [3.05, 3.63) is 59.7 Å². The first-order valence-corrected chi connectivity index (χ1v) is 11.5. The van der Waals surface area contributed by atoms with Crippen molar-refractivity contribution in [2.24, 2.45) is 11.5 Å². The number of ether oxygens (including phenoxy) is 2. The fraction of sp³-hybridized carbons (Fsp3) is 0.440. The van der Waals surface area contributed by atoms with E-state index in [4.69, 9.17) is 30.2 Å². The van der Waals surface area contributed by atoms with E-state index in [9.17, 15) is 9.59 Å². The molecule has 2 aromatic carbocycles. The maximum absolute atomic E-state index is 12.3. The molecule has 0 aromatic heterocycles. The lowest BCUT2D eigenvalue weighted by Crippen LogP contribution is -2.53. The molecule has 1 amide bonds. The lowest BCUT2D eigenvalue weighted by Gasteiger charge is -2.32. The lowest BCUT2D eigenvalue weighted by atomic mass is 9.77. The topological polar surface area (TPSA) is 135 Å². The van der Waals surface area contributed by atoms with Crippen molar-refractivity contribution in [1.29, 1.82) is 0 Å². The van der Waals surface area contributed by atoms with Gasteiger partial charge in [-0.3, -0.25) is 4.79 Å². The van der Waals surface area contributed by atoms with Gasteiger partial charge in [-0.15, -0.1) is 0 Å². The van der Waals surface area contributed by atoms with Gasteiger partial charge in [0.2, 0.25) is 0 Å². The van der Waals surface area contributed by atoms with E-state index < -0.39 is 42.4 Å². The summed E-state index contributed by atoms with van der Waals surface area (Å²) in [5.41, 5.74) is 12.2. The van der Waals surface area contributed by atoms with E-state index in [1.165, 1.54) is 7.11 Å². The molecular weight excluding hydrogens is 449 g/mol. The van der Waals surface area contributed by atoms with Crippen LogP contribution in [0.5, 0.6) is 5.75 Å². The van der Waals surface area contributed by atoms with Gasteiger partial charge in [0.1, 0.15) is 24.6 Å². The average Bonchev–Trinajstić information content (AvgIpc) is 3.04. The van der Waals surface area contributed by atoms with E-state index in [-0.39, 0.29) is 6.42 Å². The minimum absolute atomic E-state index is 0.149. The first kappa shape index (κ1) is 26.7. The summed E-state index contributed by atoms with van der Waals surface area (Å²) >= 11 is 0. The Morgan fingerprint density at radius 2 is 1.63 bits per heavy atom. The van der Waals surface area contributed by atoms with Crippen LogP contribution in [0.4, 0.5) is 0 Å². The highest BCUT2D eigenvalue weighted by atomic mass is 16.7. The van der Waals surface area contributed by atoms with E-state index in [2.05, 4.69) is 5.32 Å². The molecule has 0 spiro atoms. The van der Waals surface area contributed by atoms with Crippen LogP contribution in [0.25, 0.3) is 0 Å². The highest BCUT2D eigenvalue weighted by molar-refractivity contribution is 6.63. The molecule has 0 radical (unpaired) electrons. The Balaban J connectivity index is 1.91. The van der Waals surface area contributed by atoms with Crippen LogP contribution in [0, 0.1) is 0 Å². The van der Waals surface area contributed by atoms with Gasteiger partial charge in [0, 0.05) is 11.9 Å². The number of carbonyl (C=O) groups is 2. The summed E-state index contributed by atoms with van der Waals surface area (Å²) in [5, 5.41) is 2.53. The molecule has 0 bridgehead atoms. The van der Waals surface area contributed by atoms with Gasteiger partial charge in [-0.1, -0.05) is 42.5 Å². The van der Waals surface area contributed by atoms with Crippen LogP contribution in [0.1, 0.15) is 38.8 Å². The maximum atomic E-state index is 12.3. The number of rotatable bonds is 9. The summed E-state index contributed by atoms with van der Waals surface area (Å²) < 4.78 is 23.5. The van der Waals surface area contributed by atoms with Crippen molar-refractivity contribution < 1.29 is 28.4 Å². The van der Waals surface area contributed by atoms with Crippen LogP contribution < -0.4 is 27.0 Å². The number of nitrogens with one attached hydrogen (secondary N) is 1. The van der Waals surface area contributed by atoms with Crippen molar-refractivity contribution in [1.82, 2.24) is 5.32 Å². The van der Waals surface area contributed by atoms with E-state index >= 15 is 0 Å². The minimum Gasteiger partial charge on any atom is -0.489 e. The molecule has 0 aliphatic carbocycles. The summed E-state index contributed by atoms with van der Waals surface area (Å²) in [5.74, 6) is -0.672. The third kappa shape index (κ3) is 6.40. The molecule has 0 unspecified atom stereocenters. The Labute approximate surface area is 206 Å². The highest BCUT2D eigenvalue weighted by Crippen LogP contribution is 2.37. The van der Waals surface area contributed by atoms with Crippen LogP contribution in [0.2, 0.25) is 0 Å². The van der Waals surface area contributed by atoms with Gasteiger partial charge in [0.05, 0.1) is 18.3 Å². The van der Waals surface area contributed by atoms with Gasteiger partial charge in [-0.2, -0.15) is 0 Å².